The minimum Gasteiger partial charge on any atom is -0.279 e. The molecule has 5 nitrogen and oxygen atoms in total. The maximum atomic E-state index is 12.2. The molecule has 0 radical (unpaired) electrons. The molecule has 0 unspecified atom stereocenters. The van der Waals surface area contributed by atoms with Gasteiger partial charge < -0.3 is 0 Å². The van der Waals surface area contributed by atoms with Crippen LogP contribution in [0.2, 0.25) is 0 Å². The summed E-state index contributed by atoms with van der Waals surface area (Å²) in [7, 11) is -8.10. The predicted octanol–water partition coefficient (Wildman–Crippen LogP) is 1.88. The Kier molecular flexibility index (Phi) is 4.27. The summed E-state index contributed by atoms with van der Waals surface area (Å²) < 4.78 is 46.1. The molecule has 0 atom stereocenters. The van der Waals surface area contributed by atoms with Crippen LogP contribution in [0, 0.1) is 5.41 Å². The fourth-order valence-corrected chi connectivity index (χ4v) is 6.15. The van der Waals surface area contributed by atoms with E-state index in [0.29, 0.717) is 12.8 Å². The normalized spacial score (nSPS) is 19.7. The van der Waals surface area contributed by atoms with Crippen LogP contribution in [0.3, 0.4) is 0 Å². The highest BCUT2D eigenvalue weighted by molar-refractivity contribution is 8.31. The molecule has 7 heteroatoms. The quantitative estimate of drug-likeness (QED) is 0.590. The molecule has 0 bridgehead atoms. The van der Waals surface area contributed by atoms with Crippen molar-refractivity contribution in [3.8, 4) is 0 Å². The van der Waals surface area contributed by atoms with Gasteiger partial charge in [0.25, 0.3) is 0 Å². The van der Waals surface area contributed by atoms with Gasteiger partial charge >= 0.3 is 0 Å². The molecule has 1 aliphatic carbocycles. The maximum absolute atomic E-state index is 12.2. The van der Waals surface area contributed by atoms with Crippen molar-refractivity contribution < 1.29 is 16.8 Å². The highest BCUT2D eigenvalue weighted by Gasteiger charge is 2.43. The molecular weight excluding hydrogens is 274 g/mol. The Morgan fingerprint density at radius 1 is 1.00 bits per heavy atom. The molecule has 0 saturated heterocycles. The molecule has 0 amide bonds. The van der Waals surface area contributed by atoms with Crippen LogP contribution in [0.5, 0.6) is 0 Å². The van der Waals surface area contributed by atoms with Crippen molar-refractivity contribution in [3.63, 3.8) is 0 Å². The fourth-order valence-electron chi connectivity index (χ4n) is 1.96. The Balaban J connectivity index is 3.10. The average Bonchev–Trinajstić information content (AvgIpc) is 2.27. The zero-order valence-corrected chi connectivity index (χ0v) is 12.7. The second-order valence-electron chi connectivity index (χ2n) is 5.71. The summed E-state index contributed by atoms with van der Waals surface area (Å²) in [5, 5.41) is 6.91. The Bertz CT molecular complexity index is 520. The van der Waals surface area contributed by atoms with Crippen LogP contribution in [0.4, 0.5) is 0 Å². The molecule has 1 saturated carbocycles. The van der Waals surface area contributed by atoms with Crippen LogP contribution in [0.25, 0.3) is 0 Å². The first-order valence-electron chi connectivity index (χ1n) is 6.08. The van der Waals surface area contributed by atoms with Crippen molar-refractivity contribution in [2.24, 2.45) is 0 Å². The Hall–Kier alpha value is -0.430. The second-order valence-corrected chi connectivity index (χ2v) is 10.8. The van der Waals surface area contributed by atoms with E-state index in [-0.39, 0.29) is 0 Å². The topological polar surface area (TPSA) is 92.1 Å². The SMILES string of the molecule is CC(C)(C)S(=O)(=O)C(=N)S(=O)(=O)C1CCCCC1. The smallest absolute Gasteiger partial charge is 0.241 e. The molecule has 0 spiro atoms. The molecule has 1 fully saturated rings. The molecule has 106 valence electrons. The minimum atomic E-state index is -4.09. The van der Waals surface area contributed by atoms with E-state index in [9.17, 15) is 16.8 Å². The largest absolute Gasteiger partial charge is 0.279 e. The number of rotatable bonds is 1. The van der Waals surface area contributed by atoms with Crippen molar-refractivity contribution in [1.82, 2.24) is 0 Å². The van der Waals surface area contributed by atoms with Crippen LogP contribution in [-0.2, 0) is 19.7 Å². The van der Waals surface area contributed by atoms with E-state index in [1.165, 1.54) is 20.8 Å². The monoisotopic (exact) mass is 295 g/mol. The molecular formula is C11H21NO4S2. The van der Waals surface area contributed by atoms with E-state index < -0.39 is 34.0 Å². The zero-order valence-electron chi connectivity index (χ0n) is 11.1. The van der Waals surface area contributed by atoms with Gasteiger partial charge in [0, 0.05) is 0 Å². The lowest BCUT2D eigenvalue weighted by molar-refractivity contribution is 0.489. The lowest BCUT2D eigenvalue weighted by Gasteiger charge is -2.25. The fraction of sp³-hybridized carbons (Fsp3) is 0.909. The molecule has 1 N–H and O–H groups in total. The molecule has 0 aromatic rings. The predicted molar refractivity (Wildman–Crippen MR) is 72.2 cm³/mol. The first kappa shape index (κ1) is 15.6. The standard InChI is InChI=1S/C11H21NO4S2/c1-11(2,3)18(15,16)10(12)17(13,14)9-7-5-4-6-8-9/h9,12H,4-8H2,1-3H3. The van der Waals surface area contributed by atoms with Gasteiger partial charge in [0.15, 0.2) is 0 Å². The summed E-state index contributed by atoms with van der Waals surface area (Å²) in [5.74, 6) is 0. The summed E-state index contributed by atoms with van der Waals surface area (Å²) in [6.45, 7) is 4.23. The van der Waals surface area contributed by atoms with E-state index >= 15 is 0 Å². The third kappa shape index (κ3) is 2.77. The molecule has 18 heavy (non-hydrogen) atoms. The number of nitrogens with one attached hydrogen (secondary N) is 1. The van der Waals surface area contributed by atoms with Gasteiger partial charge in [-0.3, -0.25) is 5.41 Å². The average molecular weight is 295 g/mol. The Morgan fingerprint density at radius 2 is 1.44 bits per heavy atom. The molecule has 0 aromatic carbocycles. The van der Waals surface area contributed by atoms with Crippen LogP contribution >= 0.6 is 0 Å². The zero-order chi connectivity index (χ0) is 14.2. The highest BCUT2D eigenvalue weighted by Crippen LogP contribution is 2.28. The van der Waals surface area contributed by atoms with Crippen LogP contribution in [-0.4, -0.2) is 31.2 Å². The second kappa shape index (κ2) is 4.92. The van der Waals surface area contributed by atoms with Crippen LogP contribution in [0.15, 0.2) is 0 Å². The van der Waals surface area contributed by atoms with Crippen molar-refractivity contribution in [1.29, 1.82) is 5.41 Å². The number of hydrogen-bond acceptors (Lipinski definition) is 5. The molecule has 0 aromatic heterocycles. The van der Waals surface area contributed by atoms with E-state index in [1.807, 2.05) is 0 Å². The summed E-state index contributed by atoms with van der Waals surface area (Å²) >= 11 is 0. The van der Waals surface area contributed by atoms with Crippen LogP contribution in [0.1, 0.15) is 52.9 Å². The molecule has 0 heterocycles. The van der Waals surface area contributed by atoms with Crippen molar-refractivity contribution >= 4 is 24.1 Å². The highest BCUT2D eigenvalue weighted by atomic mass is 32.3. The van der Waals surface area contributed by atoms with Gasteiger partial charge in [0.1, 0.15) is 0 Å². The molecule has 0 aliphatic heterocycles. The van der Waals surface area contributed by atoms with Gasteiger partial charge in [-0.1, -0.05) is 19.3 Å². The summed E-state index contributed by atoms with van der Waals surface area (Å²) in [6, 6.07) is 0. The van der Waals surface area contributed by atoms with Gasteiger partial charge in [0.2, 0.25) is 24.1 Å². The van der Waals surface area contributed by atoms with Crippen LogP contribution < -0.4 is 0 Å². The third-order valence-corrected chi connectivity index (χ3v) is 8.62. The summed E-state index contributed by atoms with van der Waals surface area (Å²) in [6.07, 6.45) is 3.47. The van der Waals surface area contributed by atoms with Gasteiger partial charge in [0.05, 0.1) is 10.00 Å². The lowest BCUT2D eigenvalue weighted by atomic mass is 10.0. The van der Waals surface area contributed by atoms with Gasteiger partial charge in [-0.05, 0) is 33.6 Å². The van der Waals surface area contributed by atoms with Crippen molar-refractivity contribution in [2.45, 2.75) is 62.9 Å². The summed E-state index contributed by atoms with van der Waals surface area (Å²) in [4.78, 5) is 0. The lowest BCUT2D eigenvalue weighted by Crippen LogP contribution is -2.41. The molecule has 1 aliphatic rings. The van der Waals surface area contributed by atoms with Gasteiger partial charge in [-0.25, -0.2) is 16.8 Å². The van der Waals surface area contributed by atoms with Crippen molar-refractivity contribution in [2.75, 3.05) is 0 Å². The Morgan fingerprint density at radius 3 is 1.83 bits per heavy atom. The molecule has 1 rings (SSSR count). The van der Waals surface area contributed by atoms with E-state index in [2.05, 4.69) is 0 Å². The Labute approximate surface area is 109 Å². The third-order valence-electron chi connectivity index (χ3n) is 3.30. The van der Waals surface area contributed by atoms with E-state index in [0.717, 1.165) is 19.3 Å². The van der Waals surface area contributed by atoms with E-state index in [1.54, 1.807) is 0 Å². The van der Waals surface area contributed by atoms with E-state index in [4.69, 9.17) is 5.41 Å². The maximum Gasteiger partial charge on any atom is 0.241 e. The van der Waals surface area contributed by atoms with Crippen molar-refractivity contribution in [3.05, 3.63) is 0 Å². The van der Waals surface area contributed by atoms with Gasteiger partial charge in [-0.2, -0.15) is 0 Å². The number of sulfone groups is 2. The number of hydrogen-bond donors (Lipinski definition) is 1. The first-order valence-corrected chi connectivity index (χ1v) is 9.11. The minimum absolute atomic E-state index is 0.463. The van der Waals surface area contributed by atoms with Gasteiger partial charge in [-0.15, -0.1) is 0 Å². The first-order chi connectivity index (χ1) is 8.01. The summed E-state index contributed by atoms with van der Waals surface area (Å²) in [5.41, 5.74) is 0.